The molecule has 16 heavy (non-hydrogen) atoms. The number of hydrogen-bond acceptors (Lipinski definition) is 1. The summed E-state index contributed by atoms with van der Waals surface area (Å²) in [6, 6.07) is 0. The third-order valence-corrected chi connectivity index (χ3v) is 3.24. The second-order valence-corrected chi connectivity index (χ2v) is 4.31. The summed E-state index contributed by atoms with van der Waals surface area (Å²) < 4.78 is 77.3. The van der Waals surface area contributed by atoms with Gasteiger partial charge >= 0.3 is 12.4 Å². The largest absolute Gasteiger partial charge is 0.391 e. The van der Waals surface area contributed by atoms with Crippen LogP contribution < -0.4 is 0 Å². The standard InChI is InChI=1S/C7H10F6IOP/c8-6(9,10)1-5(3-14,15-4-16)2-7(11,12)13/h1-4,16H2. The van der Waals surface area contributed by atoms with Crippen molar-refractivity contribution < 1.29 is 31.1 Å². The van der Waals surface area contributed by atoms with E-state index in [4.69, 9.17) is 0 Å². The molecule has 0 aliphatic rings. The van der Waals surface area contributed by atoms with Crippen LogP contribution in [-0.4, -0.2) is 28.7 Å². The van der Waals surface area contributed by atoms with Gasteiger partial charge in [-0.1, -0.05) is 22.6 Å². The summed E-state index contributed by atoms with van der Waals surface area (Å²) in [6.07, 6.45) is -12.8. The highest BCUT2D eigenvalue weighted by Crippen LogP contribution is 2.39. The molecular formula is C7H10F6IOP. The molecular weight excluding hydrogens is 372 g/mol. The van der Waals surface area contributed by atoms with E-state index in [1.165, 1.54) is 22.6 Å². The normalized spacial score (nSPS) is 14.2. The van der Waals surface area contributed by atoms with Crippen LogP contribution in [0.2, 0.25) is 0 Å². The summed E-state index contributed by atoms with van der Waals surface area (Å²) >= 11 is 1.47. The molecule has 0 radical (unpaired) electrons. The summed E-state index contributed by atoms with van der Waals surface area (Å²) in [6.45, 7) is 0. The predicted molar refractivity (Wildman–Crippen MR) is 58.6 cm³/mol. The molecule has 0 aromatic heterocycles. The van der Waals surface area contributed by atoms with Crippen molar-refractivity contribution in [2.24, 2.45) is 0 Å². The Morgan fingerprint density at radius 3 is 1.50 bits per heavy atom. The summed E-state index contributed by atoms with van der Waals surface area (Å²) in [7, 11) is 1.95. The first-order valence-electron chi connectivity index (χ1n) is 4.07. The van der Waals surface area contributed by atoms with Crippen molar-refractivity contribution in [3.63, 3.8) is 0 Å². The molecule has 1 atom stereocenters. The van der Waals surface area contributed by atoms with Gasteiger partial charge in [0.05, 0.1) is 24.8 Å². The minimum Gasteiger partial charge on any atom is -0.370 e. The summed E-state index contributed by atoms with van der Waals surface area (Å²) in [4.78, 5) is 0. The molecule has 0 bridgehead atoms. The molecule has 1 nitrogen and oxygen atoms in total. The van der Waals surface area contributed by atoms with E-state index in [1.807, 2.05) is 9.24 Å². The van der Waals surface area contributed by atoms with Gasteiger partial charge in [0, 0.05) is 4.43 Å². The van der Waals surface area contributed by atoms with Gasteiger partial charge < -0.3 is 4.74 Å². The van der Waals surface area contributed by atoms with Crippen LogP contribution in [0.4, 0.5) is 26.3 Å². The first kappa shape index (κ1) is 16.7. The fourth-order valence-electron chi connectivity index (χ4n) is 1.21. The van der Waals surface area contributed by atoms with E-state index in [1.54, 1.807) is 0 Å². The van der Waals surface area contributed by atoms with Gasteiger partial charge in [-0.3, -0.25) is 0 Å². The van der Waals surface area contributed by atoms with E-state index in [9.17, 15) is 26.3 Å². The molecule has 0 aliphatic carbocycles. The number of ether oxygens (including phenoxy) is 1. The Labute approximate surface area is 105 Å². The third-order valence-electron chi connectivity index (χ3n) is 1.68. The molecule has 0 heterocycles. The van der Waals surface area contributed by atoms with Crippen LogP contribution in [0, 0.1) is 0 Å². The number of rotatable bonds is 5. The van der Waals surface area contributed by atoms with Gasteiger partial charge in [0.1, 0.15) is 0 Å². The molecule has 0 aromatic rings. The van der Waals surface area contributed by atoms with E-state index in [0.29, 0.717) is 0 Å². The zero-order chi connectivity index (χ0) is 13.0. The molecule has 0 saturated carbocycles. The molecule has 0 rings (SSSR count). The van der Waals surface area contributed by atoms with Crippen LogP contribution >= 0.6 is 31.8 Å². The number of halogens is 7. The second-order valence-electron chi connectivity index (χ2n) is 3.21. The van der Waals surface area contributed by atoms with Crippen LogP contribution in [0.5, 0.6) is 0 Å². The van der Waals surface area contributed by atoms with E-state index < -0.39 is 30.8 Å². The average molecular weight is 382 g/mol. The van der Waals surface area contributed by atoms with E-state index >= 15 is 0 Å². The van der Waals surface area contributed by atoms with Gasteiger partial charge in [-0.2, -0.15) is 26.3 Å². The lowest BCUT2D eigenvalue weighted by molar-refractivity contribution is -0.218. The van der Waals surface area contributed by atoms with Crippen molar-refractivity contribution in [3.05, 3.63) is 0 Å². The lowest BCUT2D eigenvalue weighted by Crippen LogP contribution is -2.43. The number of hydrogen-bond donors (Lipinski definition) is 0. The van der Waals surface area contributed by atoms with Gasteiger partial charge in [0.25, 0.3) is 0 Å². The highest BCUT2D eigenvalue weighted by atomic mass is 127. The maximum absolute atomic E-state index is 12.2. The highest BCUT2D eigenvalue weighted by molar-refractivity contribution is 14.1. The van der Waals surface area contributed by atoms with Crippen LogP contribution in [0.15, 0.2) is 0 Å². The molecule has 1 unspecified atom stereocenters. The Kier molecular flexibility index (Phi) is 6.30. The summed E-state index contributed by atoms with van der Waals surface area (Å²) in [5, 5.41) is 0. The SMILES string of the molecule is FC(F)(F)CC(CI)(CC(F)(F)F)OCP. The first-order valence-corrected chi connectivity index (χ1v) is 6.41. The van der Waals surface area contributed by atoms with Crippen molar-refractivity contribution in [1.29, 1.82) is 0 Å². The third kappa shape index (κ3) is 7.11. The van der Waals surface area contributed by atoms with Crippen LogP contribution in [-0.2, 0) is 4.74 Å². The molecule has 0 N–H and O–H groups in total. The van der Waals surface area contributed by atoms with E-state index in [2.05, 4.69) is 4.74 Å². The fraction of sp³-hybridized carbons (Fsp3) is 1.00. The van der Waals surface area contributed by atoms with Crippen molar-refractivity contribution >= 4 is 31.8 Å². The first-order chi connectivity index (χ1) is 7.04. The quantitative estimate of drug-likeness (QED) is 0.303. The monoisotopic (exact) mass is 382 g/mol. The lowest BCUT2D eigenvalue weighted by Gasteiger charge is -2.33. The van der Waals surface area contributed by atoms with Gasteiger partial charge in [0.2, 0.25) is 0 Å². The predicted octanol–water partition coefficient (Wildman–Crippen LogP) is 3.91. The van der Waals surface area contributed by atoms with E-state index in [0.717, 1.165) is 0 Å². The smallest absolute Gasteiger partial charge is 0.370 e. The Morgan fingerprint density at radius 1 is 0.938 bits per heavy atom. The summed E-state index contributed by atoms with van der Waals surface area (Å²) in [5.41, 5.74) is -2.22. The van der Waals surface area contributed by atoms with Crippen molar-refractivity contribution in [1.82, 2.24) is 0 Å². The topological polar surface area (TPSA) is 9.23 Å². The molecule has 0 aliphatic heterocycles. The van der Waals surface area contributed by atoms with E-state index in [-0.39, 0.29) is 10.8 Å². The van der Waals surface area contributed by atoms with Crippen molar-refractivity contribution in [2.75, 3.05) is 10.8 Å². The van der Waals surface area contributed by atoms with Gasteiger partial charge in [-0.05, 0) is 0 Å². The van der Waals surface area contributed by atoms with Crippen molar-refractivity contribution in [3.8, 4) is 0 Å². The lowest BCUT2D eigenvalue weighted by atomic mass is 9.97. The van der Waals surface area contributed by atoms with Crippen molar-refractivity contribution in [2.45, 2.75) is 30.8 Å². The molecule has 9 heteroatoms. The van der Waals surface area contributed by atoms with Crippen LogP contribution in [0.3, 0.4) is 0 Å². The van der Waals surface area contributed by atoms with Crippen LogP contribution in [0.25, 0.3) is 0 Å². The molecule has 0 saturated heterocycles. The zero-order valence-corrected chi connectivity index (χ0v) is 11.3. The minimum atomic E-state index is -4.68. The van der Waals surface area contributed by atoms with Crippen LogP contribution in [0.1, 0.15) is 12.8 Å². The molecule has 0 fully saturated rings. The maximum atomic E-state index is 12.2. The molecule has 0 aromatic carbocycles. The minimum absolute atomic E-state index is 0.269. The molecule has 98 valence electrons. The Hall–Kier alpha value is 0.700. The fourth-order valence-corrected chi connectivity index (χ4v) is 2.32. The molecule has 0 amide bonds. The zero-order valence-electron chi connectivity index (χ0n) is 7.96. The average Bonchev–Trinajstić information content (AvgIpc) is 1.98. The van der Waals surface area contributed by atoms with Gasteiger partial charge in [-0.15, -0.1) is 9.24 Å². The van der Waals surface area contributed by atoms with Gasteiger partial charge in [0.15, 0.2) is 0 Å². The summed E-state index contributed by atoms with van der Waals surface area (Å²) in [5.74, 6) is 0. The maximum Gasteiger partial charge on any atom is 0.391 e. The van der Waals surface area contributed by atoms with Gasteiger partial charge in [-0.25, -0.2) is 0 Å². The Bertz CT molecular complexity index is 200. The Balaban J connectivity index is 4.85. The highest BCUT2D eigenvalue weighted by Gasteiger charge is 2.49. The Morgan fingerprint density at radius 2 is 1.31 bits per heavy atom. The second kappa shape index (κ2) is 6.04. The molecule has 0 spiro atoms. The number of alkyl halides is 7.